The third-order valence-electron chi connectivity index (χ3n) is 3.46. The van der Waals surface area contributed by atoms with E-state index in [1.807, 2.05) is 40.8 Å². The Morgan fingerprint density at radius 3 is 2.64 bits per heavy atom. The summed E-state index contributed by atoms with van der Waals surface area (Å²) in [4.78, 5) is 12.0. The molecule has 2 rings (SSSR count). The standard InChI is InChI=1S/C15H23N5O2/c1-9(2)20-8-13(7-16-20)18-15(21)17-10(3)6-14-11(4)19-22-12(14)5/h7-10H,6H2,1-5H3,(H2,17,18,21). The lowest BCUT2D eigenvalue weighted by atomic mass is 10.1. The van der Waals surface area contributed by atoms with E-state index in [1.54, 1.807) is 10.9 Å². The van der Waals surface area contributed by atoms with Crippen molar-refractivity contribution in [2.24, 2.45) is 0 Å². The molecule has 7 heteroatoms. The molecule has 1 unspecified atom stereocenters. The van der Waals surface area contributed by atoms with Gasteiger partial charge < -0.3 is 15.2 Å². The third-order valence-corrected chi connectivity index (χ3v) is 3.46. The van der Waals surface area contributed by atoms with Crippen LogP contribution < -0.4 is 10.6 Å². The van der Waals surface area contributed by atoms with Gasteiger partial charge in [0, 0.05) is 23.8 Å². The van der Waals surface area contributed by atoms with E-state index in [4.69, 9.17) is 4.52 Å². The van der Waals surface area contributed by atoms with E-state index in [1.165, 1.54) is 0 Å². The van der Waals surface area contributed by atoms with E-state index in [-0.39, 0.29) is 18.1 Å². The van der Waals surface area contributed by atoms with Gasteiger partial charge in [0.2, 0.25) is 0 Å². The Morgan fingerprint density at radius 1 is 1.36 bits per heavy atom. The molecule has 2 amide bonds. The van der Waals surface area contributed by atoms with Crippen LogP contribution in [0.1, 0.15) is 43.8 Å². The molecule has 2 N–H and O–H groups in total. The Labute approximate surface area is 130 Å². The van der Waals surface area contributed by atoms with E-state index < -0.39 is 0 Å². The van der Waals surface area contributed by atoms with Crippen molar-refractivity contribution < 1.29 is 9.32 Å². The number of nitrogens with zero attached hydrogens (tertiary/aromatic N) is 3. The first-order valence-electron chi connectivity index (χ1n) is 7.40. The molecule has 0 bridgehead atoms. The topological polar surface area (TPSA) is 85.0 Å². The lowest BCUT2D eigenvalue weighted by molar-refractivity contribution is 0.249. The molecular formula is C15H23N5O2. The van der Waals surface area contributed by atoms with Crippen LogP contribution >= 0.6 is 0 Å². The van der Waals surface area contributed by atoms with Crippen molar-refractivity contribution in [1.82, 2.24) is 20.3 Å². The fourth-order valence-corrected chi connectivity index (χ4v) is 2.23. The predicted molar refractivity (Wildman–Crippen MR) is 83.9 cm³/mol. The van der Waals surface area contributed by atoms with Gasteiger partial charge >= 0.3 is 6.03 Å². The van der Waals surface area contributed by atoms with Crippen LogP contribution in [-0.2, 0) is 6.42 Å². The third kappa shape index (κ3) is 3.87. The molecule has 0 aliphatic heterocycles. The molecule has 2 aromatic heterocycles. The summed E-state index contributed by atoms with van der Waals surface area (Å²) < 4.78 is 6.93. The molecule has 0 fully saturated rings. The SMILES string of the molecule is Cc1noc(C)c1CC(C)NC(=O)Nc1cnn(C(C)C)c1. The second-order valence-corrected chi connectivity index (χ2v) is 5.81. The van der Waals surface area contributed by atoms with Crippen LogP contribution in [0.4, 0.5) is 10.5 Å². The van der Waals surface area contributed by atoms with Crippen molar-refractivity contribution in [2.75, 3.05) is 5.32 Å². The second kappa shape index (κ2) is 6.64. The summed E-state index contributed by atoms with van der Waals surface area (Å²) in [5.41, 5.74) is 2.58. The Morgan fingerprint density at radius 2 is 2.09 bits per heavy atom. The van der Waals surface area contributed by atoms with Crippen molar-refractivity contribution in [3.05, 3.63) is 29.4 Å². The summed E-state index contributed by atoms with van der Waals surface area (Å²) in [5, 5.41) is 13.8. The zero-order valence-electron chi connectivity index (χ0n) is 13.7. The summed E-state index contributed by atoms with van der Waals surface area (Å²) in [5.74, 6) is 0.796. The van der Waals surface area contributed by atoms with E-state index in [2.05, 4.69) is 20.9 Å². The predicted octanol–water partition coefficient (Wildman–Crippen LogP) is 2.82. The summed E-state index contributed by atoms with van der Waals surface area (Å²) in [6.45, 7) is 9.79. The lowest BCUT2D eigenvalue weighted by Crippen LogP contribution is -2.37. The summed E-state index contributed by atoms with van der Waals surface area (Å²) >= 11 is 0. The Balaban J connectivity index is 1.88. The highest BCUT2D eigenvalue weighted by molar-refractivity contribution is 5.89. The van der Waals surface area contributed by atoms with Crippen LogP contribution in [0.5, 0.6) is 0 Å². The fraction of sp³-hybridized carbons (Fsp3) is 0.533. The van der Waals surface area contributed by atoms with Crippen molar-refractivity contribution >= 4 is 11.7 Å². The van der Waals surface area contributed by atoms with Gasteiger partial charge in [-0.05, 0) is 41.0 Å². The molecule has 0 saturated carbocycles. The first kappa shape index (κ1) is 16.1. The Bertz CT molecular complexity index is 625. The average molecular weight is 305 g/mol. The van der Waals surface area contributed by atoms with Gasteiger partial charge in [-0.25, -0.2) is 4.79 Å². The maximum Gasteiger partial charge on any atom is 0.319 e. The molecule has 0 aliphatic carbocycles. The lowest BCUT2D eigenvalue weighted by Gasteiger charge is -2.14. The number of hydrogen-bond acceptors (Lipinski definition) is 4. The highest BCUT2D eigenvalue weighted by Gasteiger charge is 2.15. The number of aryl methyl sites for hydroxylation is 2. The van der Waals surface area contributed by atoms with Gasteiger partial charge in [0.15, 0.2) is 0 Å². The number of rotatable bonds is 5. The van der Waals surface area contributed by atoms with Gasteiger partial charge in [-0.1, -0.05) is 5.16 Å². The number of urea groups is 1. The van der Waals surface area contributed by atoms with Crippen LogP contribution in [-0.4, -0.2) is 27.0 Å². The largest absolute Gasteiger partial charge is 0.361 e. The molecule has 2 heterocycles. The van der Waals surface area contributed by atoms with Gasteiger partial charge in [-0.15, -0.1) is 0 Å². The van der Waals surface area contributed by atoms with Crippen LogP contribution in [0.25, 0.3) is 0 Å². The number of carbonyl (C=O) groups is 1. The zero-order valence-corrected chi connectivity index (χ0v) is 13.7. The highest BCUT2D eigenvalue weighted by atomic mass is 16.5. The van der Waals surface area contributed by atoms with Crippen LogP contribution in [0.15, 0.2) is 16.9 Å². The van der Waals surface area contributed by atoms with E-state index in [0.717, 1.165) is 17.0 Å². The normalized spacial score (nSPS) is 12.5. The number of anilines is 1. The minimum absolute atomic E-state index is 0.0306. The fourth-order valence-electron chi connectivity index (χ4n) is 2.23. The Hall–Kier alpha value is -2.31. The van der Waals surface area contributed by atoms with Gasteiger partial charge in [-0.3, -0.25) is 4.68 Å². The summed E-state index contributed by atoms with van der Waals surface area (Å²) in [7, 11) is 0. The maximum atomic E-state index is 12.0. The molecule has 7 nitrogen and oxygen atoms in total. The maximum absolute atomic E-state index is 12.0. The molecule has 120 valence electrons. The van der Waals surface area contributed by atoms with E-state index >= 15 is 0 Å². The number of hydrogen-bond donors (Lipinski definition) is 2. The molecule has 0 saturated heterocycles. The van der Waals surface area contributed by atoms with Crippen LogP contribution in [0.2, 0.25) is 0 Å². The average Bonchev–Trinajstić information content (AvgIpc) is 3.00. The van der Waals surface area contributed by atoms with E-state index in [0.29, 0.717) is 12.1 Å². The molecule has 0 spiro atoms. The highest BCUT2D eigenvalue weighted by Crippen LogP contribution is 2.14. The first-order chi connectivity index (χ1) is 10.4. The van der Waals surface area contributed by atoms with Crippen LogP contribution in [0, 0.1) is 13.8 Å². The molecular weight excluding hydrogens is 282 g/mol. The summed E-state index contributed by atoms with van der Waals surface area (Å²) in [6, 6.07) is -0.0170. The summed E-state index contributed by atoms with van der Waals surface area (Å²) in [6.07, 6.45) is 4.13. The number of carbonyl (C=O) groups excluding carboxylic acids is 1. The molecule has 0 aromatic carbocycles. The van der Waals surface area contributed by atoms with Crippen LogP contribution in [0.3, 0.4) is 0 Å². The number of aromatic nitrogens is 3. The quantitative estimate of drug-likeness (QED) is 0.889. The first-order valence-corrected chi connectivity index (χ1v) is 7.40. The van der Waals surface area contributed by atoms with Gasteiger partial charge in [-0.2, -0.15) is 5.10 Å². The second-order valence-electron chi connectivity index (χ2n) is 5.81. The van der Waals surface area contributed by atoms with Crippen molar-refractivity contribution in [3.63, 3.8) is 0 Å². The van der Waals surface area contributed by atoms with E-state index in [9.17, 15) is 4.79 Å². The van der Waals surface area contributed by atoms with Gasteiger partial charge in [0.05, 0.1) is 17.6 Å². The minimum Gasteiger partial charge on any atom is -0.361 e. The Kier molecular flexibility index (Phi) is 4.85. The monoisotopic (exact) mass is 305 g/mol. The van der Waals surface area contributed by atoms with Gasteiger partial charge in [0.1, 0.15) is 5.76 Å². The van der Waals surface area contributed by atoms with Crippen molar-refractivity contribution in [1.29, 1.82) is 0 Å². The molecule has 22 heavy (non-hydrogen) atoms. The molecule has 2 aromatic rings. The smallest absolute Gasteiger partial charge is 0.319 e. The molecule has 1 atom stereocenters. The number of amides is 2. The minimum atomic E-state index is -0.248. The number of nitrogens with one attached hydrogen (secondary N) is 2. The molecule has 0 radical (unpaired) electrons. The van der Waals surface area contributed by atoms with Gasteiger partial charge in [0.25, 0.3) is 0 Å². The zero-order chi connectivity index (χ0) is 16.3. The van der Waals surface area contributed by atoms with Crippen molar-refractivity contribution in [2.45, 2.75) is 53.1 Å². The van der Waals surface area contributed by atoms with Crippen molar-refractivity contribution in [3.8, 4) is 0 Å². The molecule has 0 aliphatic rings.